The number of hydrogen-bond acceptors (Lipinski definition) is 3. The maximum Gasteiger partial charge on any atom is 0.265 e. The molecule has 0 amide bonds. The third-order valence-electron chi connectivity index (χ3n) is 2.98. The lowest BCUT2D eigenvalue weighted by Crippen LogP contribution is -2.22. The Labute approximate surface area is 126 Å². The second kappa shape index (κ2) is 5.16. The predicted molar refractivity (Wildman–Crippen MR) is 82.9 cm³/mol. The van der Waals surface area contributed by atoms with Crippen LogP contribution < -0.4 is 5.56 Å². The van der Waals surface area contributed by atoms with Crippen molar-refractivity contribution in [1.82, 2.24) is 19.7 Å². The minimum Gasteiger partial charge on any atom is -0.305 e. The number of aromatic nitrogens is 4. The van der Waals surface area contributed by atoms with Gasteiger partial charge in [-0.3, -0.25) is 9.48 Å². The Kier molecular flexibility index (Phi) is 3.86. The van der Waals surface area contributed by atoms with E-state index in [2.05, 4.69) is 44.8 Å². The van der Waals surface area contributed by atoms with E-state index in [1.807, 2.05) is 31.6 Å². The van der Waals surface area contributed by atoms with Gasteiger partial charge in [-0.2, -0.15) is 5.10 Å². The molecule has 0 aliphatic heterocycles. The Hall–Kier alpha value is -1.43. The fourth-order valence-electron chi connectivity index (χ4n) is 1.84. The highest BCUT2D eigenvalue weighted by Gasteiger charge is 2.22. The highest BCUT2D eigenvalue weighted by atomic mass is 79.9. The van der Waals surface area contributed by atoms with Gasteiger partial charge in [-0.05, 0) is 29.8 Å². The van der Waals surface area contributed by atoms with Gasteiger partial charge in [0.2, 0.25) is 0 Å². The summed E-state index contributed by atoms with van der Waals surface area (Å²) in [6, 6.07) is 0.271. The number of hydrogen-bond donors (Lipinski definition) is 1. The molecule has 2 aromatic heterocycles. The highest BCUT2D eigenvalue weighted by Crippen LogP contribution is 2.27. The van der Waals surface area contributed by atoms with Crippen molar-refractivity contribution in [3.63, 3.8) is 0 Å². The van der Waals surface area contributed by atoms with E-state index in [1.54, 1.807) is 6.20 Å². The quantitative estimate of drug-likeness (QED) is 0.913. The van der Waals surface area contributed by atoms with Crippen molar-refractivity contribution in [2.75, 3.05) is 0 Å². The summed E-state index contributed by atoms with van der Waals surface area (Å²) < 4.78 is 2.33. The first-order chi connectivity index (χ1) is 9.20. The van der Waals surface area contributed by atoms with Crippen molar-refractivity contribution in [2.24, 2.45) is 0 Å². The molecule has 108 valence electrons. The number of aromatic amines is 1. The van der Waals surface area contributed by atoms with E-state index < -0.39 is 0 Å². The lowest BCUT2D eigenvalue weighted by molar-refractivity contribution is 0.532. The standard InChI is InChI=1S/C14H19BrN4O/c1-8(2)19-7-9(6-16-19)12-17-11(14(3,4)5)10(15)13(20)18-12/h6-8H,1-5H3,(H,17,18,20). The number of H-pyrrole nitrogens is 1. The van der Waals surface area contributed by atoms with Crippen LogP contribution in [0.15, 0.2) is 21.7 Å². The van der Waals surface area contributed by atoms with Gasteiger partial charge in [-0.15, -0.1) is 0 Å². The second-order valence-electron chi connectivity index (χ2n) is 6.13. The first kappa shape index (κ1) is 15.0. The Balaban J connectivity index is 2.58. The fourth-order valence-corrected chi connectivity index (χ4v) is 2.62. The molecule has 0 saturated heterocycles. The Morgan fingerprint density at radius 1 is 1.35 bits per heavy atom. The van der Waals surface area contributed by atoms with E-state index in [9.17, 15) is 4.79 Å². The van der Waals surface area contributed by atoms with Crippen LogP contribution in [0.2, 0.25) is 0 Å². The lowest BCUT2D eigenvalue weighted by Gasteiger charge is -2.19. The number of rotatable bonds is 2. The molecular formula is C14H19BrN4O. The summed E-state index contributed by atoms with van der Waals surface area (Å²) in [6.07, 6.45) is 3.61. The Morgan fingerprint density at radius 2 is 2.00 bits per heavy atom. The smallest absolute Gasteiger partial charge is 0.265 e. The van der Waals surface area contributed by atoms with Crippen LogP contribution in [0.1, 0.15) is 46.4 Å². The van der Waals surface area contributed by atoms with Gasteiger partial charge >= 0.3 is 0 Å². The molecule has 2 aromatic rings. The summed E-state index contributed by atoms with van der Waals surface area (Å²) in [5.74, 6) is 0.551. The van der Waals surface area contributed by atoms with Crippen molar-refractivity contribution in [2.45, 2.75) is 46.1 Å². The van der Waals surface area contributed by atoms with Gasteiger partial charge in [0.25, 0.3) is 5.56 Å². The molecule has 0 saturated carbocycles. The van der Waals surface area contributed by atoms with Crippen LogP contribution in [-0.2, 0) is 5.41 Å². The minimum absolute atomic E-state index is 0.169. The van der Waals surface area contributed by atoms with E-state index in [0.717, 1.165) is 11.3 Å². The summed E-state index contributed by atoms with van der Waals surface area (Å²) in [7, 11) is 0. The Bertz CT molecular complexity index is 679. The zero-order valence-electron chi connectivity index (χ0n) is 12.4. The molecule has 20 heavy (non-hydrogen) atoms. The molecule has 0 radical (unpaired) electrons. The van der Waals surface area contributed by atoms with Gasteiger partial charge in [0.1, 0.15) is 10.3 Å². The van der Waals surface area contributed by atoms with Crippen LogP contribution in [-0.4, -0.2) is 19.7 Å². The van der Waals surface area contributed by atoms with Crippen LogP contribution >= 0.6 is 15.9 Å². The SMILES string of the molecule is CC(C)n1cc(-c2nc(C(C)(C)C)c(Br)c(=O)[nH]2)cn1. The van der Waals surface area contributed by atoms with Gasteiger partial charge in [0, 0.05) is 17.7 Å². The molecule has 0 aliphatic carbocycles. The summed E-state index contributed by atoms with van der Waals surface area (Å²) in [6.45, 7) is 10.2. The third-order valence-corrected chi connectivity index (χ3v) is 3.71. The monoisotopic (exact) mass is 338 g/mol. The van der Waals surface area contributed by atoms with E-state index in [-0.39, 0.29) is 17.0 Å². The Morgan fingerprint density at radius 3 is 2.50 bits per heavy atom. The average molecular weight is 339 g/mol. The molecule has 1 N–H and O–H groups in total. The topological polar surface area (TPSA) is 63.6 Å². The van der Waals surface area contributed by atoms with Crippen molar-refractivity contribution in [3.8, 4) is 11.4 Å². The molecule has 2 rings (SSSR count). The molecule has 0 bridgehead atoms. The zero-order chi connectivity index (χ0) is 15.1. The molecule has 5 nitrogen and oxygen atoms in total. The third kappa shape index (κ3) is 2.85. The summed E-state index contributed by atoms with van der Waals surface area (Å²) in [5, 5.41) is 4.28. The van der Waals surface area contributed by atoms with Gasteiger partial charge in [0.15, 0.2) is 0 Å². The van der Waals surface area contributed by atoms with Crippen LogP contribution in [0, 0.1) is 0 Å². The van der Waals surface area contributed by atoms with Crippen LogP contribution in [0.25, 0.3) is 11.4 Å². The first-order valence-corrected chi connectivity index (χ1v) is 7.34. The van der Waals surface area contributed by atoms with Crippen molar-refractivity contribution in [1.29, 1.82) is 0 Å². The van der Waals surface area contributed by atoms with Crippen LogP contribution in [0.4, 0.5) is 0 Å². The summed E-state index contributed by atoms with van der Waals surface area (Å²) in [5.41, 5.74) is 1.18. The van der Waals surface area contributed by atoms with Gasteiger partial charge < -0.3 is 4.98 Å². The molecule has 0 atom stereocenters. The summed E-state index contributed by atoms with van der Waals surface area (Å²) >= 11 is 3.32. The second-order valence-corrected chi connectivity index (χ2v) is 6.92. The molecule has 0 fully saturated rings. The fraction of sp³-hybridized carbons (Fsp3) is 0.500. The highest BCUT2D eigenvalue weighted by molar-refractivity contribution is 9.10. The van der Waals surface area contributed by atoms with Gasteiger partial charge in [-0.25, -0.2) is 4.98 Å². The molecule has 0 spiro atoms. The van der Waals surface area contributed by atoms with Crippen molar-refractivity contribution in [3.05, 3.63) is 32.9 Å². The number of nitrogens with zero attached hydrogens (tertiary/aromatic N) is 3. The summed E-state index contributed by atoms with van der Waals surface area (Å²) in [4.78, 5) is 19.4. The van der Waals surface area contributed by atoms with E-state index >= 15 is 0 Å². The van der Waals surface area contributed by atoms with E-state index in [1.165, 1.54) is 0 Å². The first-order valence-electron chi connectivity index (χ1n) is 6.55. The lowest BCUT2D eigenvalue weighted by atomic mass is 9.92. The van der Waals surface area contributed by atoms with Crippen molar-refractivity contribution >= 4 is 15.9 Å². The van der Waals surface area contributed by atoms with E-state index in [0.29, 0.717) is 10.3 Å². The molecular weight excluding hydrogens is 320 g/mol. The zero-order valence-corrected chi connectivity index (χ0v) is 13.9. The number of nitrogens with one attached hydrogen (secondary N) is 1. The number of halogens is 1. The molecule has 6 heteroatoms. The molecule has 0 unspecified atom stereocenters. The molecule has 0 aliphatic rings. The molecule has 0 aromatic carbocycles. The largest absolute Gasteiger partial charge is 0.305 e. The van der Waals surface area contributed by atoms with E-state index in [4.69, 9.17) is 0 Å². The van der Waals surface area contributed by atoms with Gasteiger partial charge in [0.05, 0.1) is 17.5 Å². The normalized spacial score (nSPS) is 12.2. The minimum atomic E-state index is -0.212. The predicted octanol–water partition coefficient (Wildman–Crippen LogP) is 3.27. The average Bonchev–Trinajstić information content (AvgIpc) is 2.80. The maximum atomic E-state index is 12.1. The van der Waals surface area contributed by atoms with Crippen LogP contribution in [0.3, 0.4) is 0 Å². The maximum absolute atomic E-state index is 12.1. The van der Waals surface area contributed by atoms with Crippen molar-refractivity contribution < 1.29 is 0 Å². The molecule has 2 heterocycles. The van der Waals surface area contributed by atoms with Gasteiger partial charge in [-0.1, -0.05) is 20.8 Å². The van der Waals surface area contributed by atoms with Crippen LogP contribution in [0.5, 0.6) is 0 Å².